The highest BCUT2D eigenvalue weighted by atomic mass is 32.2. The molecule has 0 aliphatic carbocycles. The molecule has 5 N–H and O–H groups in total. The molecular weight excluding hydrogens is 224 g/mol. The normalized spacial score (nSPS) is 10.1. The summed E-state index contributed by atoms with van der Waals surface area (Å²) in [6.45, 7) is 0. The third kappa shape index (κ3) is 4.50. The van der Waals surface area contributed by atoms with Crippen LogP contribution in [0.25, 0.3) is 0 Å². The Morgan fingerprint density at radius 3 is 3.00 bits per heavy atom. The second kappa shape index (κ2) is 7.08. The van der Waals surface area contributed by atoms with Crippen LogP contribution < -0.4 is 17.0 Å². The number of anilines is 1. The molecule has 0 radical (unpaired) electrons. The lowest BCUT2D eigenvalue weighted by Gasteiger charge is -2.04. The van der Waals surface area contributed by atoms with Crippen LogP contribution in [-0.2, 0) is 4.79 Å². The monoisotopic (exact) mass is 240 g/mol. The second-order valence-corrected chi connectivity index (χ2v) is 4.42. The molecule has 1 amide bonds. The standard InChI is InChI=1S/C10H16N4OS/c11-8-7-13-5-4-9(8)16-6-2-1-3-10(15)14-12/h4-5,7H,1-3,6,11-12H2,(H,14,15). The molecule has 0 fully saturated rings. The van der Waals surface area contributed by atoms with Gasteiger partial charge in [0.1, 0.15) is 0 Å². The van der Waals surface area contributed by atoms with E-state index in [1.54, 1.807) is 24.2 Å². The number of rotatable bonds is 6. The fraction of sp³-hybridized carbons (Fsp3) is 0.400. The van der Waals surface area contributed by atoms with Crippen molar-refractivity contribution < 1.29 is 4.79 Å². The van der Waals surface area contributed by atoms with Gasteiger partial charge in [-0.25, -0.2) is 5.84 Å². The molecule has 0 aromatic carbocycles. The maximum absolute atomic E-state index is 10.8. The fourth-order valence-electron chi connectivity index (χ4n) is 1.17. The number of amides is 1. The molecular formula is C10H16N4OS. The number of carbonyl (C=O) groups is 1. The van der Waals surface area contributed by atoms with Crippen molar-refractivity contribution in [3.05, 3.63) is 18.5 Å². The smallest absolute Gasteiger partial charge is 0.233 e. The maximum Gasteiger partial charge on any atom is 0.233 e. The van der Waals surface area contributed by atoms with E-state index < -0.39 is 0 Å². The number of thioether (sulfide) groups is 1. The number of nitrogens with one attached hydrogen (secondary N) is 1. The summed E-state index contributed by atoms with van der Waals surface area (Å²) in [5.74, 6) is 5.79. The summed E-state index contributed by atoms with van der Waals surface area (Å²) < 4.78 is 0. The molecule has 0 atom stereocenters. The zero-order valence-electron chi connectivity index (χ0n) is 8.98. The highest BCUT2D eigenvalue weighted by Gasteiger charge is 2.00. The van der Waals surface area contributed by atoms with Gasteiger partial charge in [0.25, 0.3) is 0 Å². The van der Waals surface area contributed by atoms with Gasteiger partial charge in [-0.1, -0.05) is 0 Å². The van der Waals surface area contributed by atoms with Gasteiger partial charge < -0.3 is 5.73 Å². The molecule has 16 heavy (non-hydrogen) atoms. The number of pyridine rings is 1. The van der Waals surface area contributed by atoms with E-state index in [1.165, 1.54) is 0 Å². The first-order valence-corrected chi connectivity index (χ1v) is 6.04. The largest absolute Gasteiger partial charge is 0.397 e. The van der Waals surface area contributed by atoms with Crippen LogP contribution in [-0.4, -0.2) is 16.6 Å². The Morgan fingerprint density at radius 1 is 1.50 bits per heavy atom. The summed E-state index contributed by atoms with van der Waals surface area (Å²) in [6, 6.07) is 1.90. The van der Waals surface area contributed by atoms with E-state index in [0.29, 0.717) is 12.1 Å². The quantitative estimate of drug-likeness (QED) is 0.226. The second-order valence-electron chi connectivity index (χ2n) is 3.29. The number of nitrogen functional groups attached to an aromatic ring is 1. The van der Waals surface area contributed by atoms with Crippen molar-refractivity contribution in [2.24, 2.45) is 5.84 Å². The highest BCUT2D eigenvalue weighted by Crippen LogP contribution is 2.24. The van der Waals surface area contributed by atoms with E-state index >= 15 is 0 Å². The third-order valence-corrected chi connectivity index (χ3v) is 3.20. The summed E-state index contributed by atoms with van der Waals surface area (Å²) in [5.41, 5.74) is 8.55. The maximum atomic E-state index is 10.8. The predicted octanol–water partition coefficient (Wildman–Crippen LogP) is 0.916. The number of aromatic nitrogens is 1. The van der Waals surface area contributed by atoms with Gasteiger partial charge in [0, 0.05) is 17.5 Å². The van der Waals surface area contributed by atoms with E-state index in [1.807, 2.05) is 6.07 Å². The van der Waals surface area contributed by atoms with E-state index in [-0.39, 0.29) is 5.91 Å². The fourth-order valence-corrected chi connectivity index (χ4v) is 2.11. The topological polar surface area (TPSA) is 94.0 Å². The van der Waals surface area contributed by atoms with Crippen LogP contribution in [0, 0.1) is 0 Å². The molecule has 0 unspecified atom stereocenters. The van der Waals surface area contributed by atoms with Crippen molar-refractivity contribution in [3.8, 4) is 0 Å². The molecule has 5 nitrogen and oxygen atoms in total. The van der Waals surface area contributed by atoms with Crippen molar-refractivity contribution in [1.29, 1.82) is 0 Å². The first-order chi connectivity index (χ1) is 7.74. The number of hydrogen-bond acceptors (Lipinski definition) is 5. The first kappa shape index (κ1) is 12.8. The SMILES string of the molecule is NNC(=O)CCCCSc1ccncc1N. The molecule has 0 aliphatic rings. The van der Waals surface area contributed by atoms with E-state index in [2.05, 4.69) is 10.4 Å². The number of carbonyl (C=O) groups excluding carboxylic acids is 1. The van der Waals surface area contributed by atoms with Gasteiger partial charge in [0.15, 0.2) is 0 Å². The van der Waals surface area contributed by atoms with Crippen LogP contribution in [0.4, 0.5) is 5.69 Å². The van der Waals surface area contributed by atoms with E-state index in [9.17, 15) is 4.79 Å². The molecule has 0 bridgehead atoms. The average molecular weight is 240 g/mol. The van der Waals surface area contributed by atoms with Crippen LogP contribution >= 0.6 is 11.8 Å². The van der Waals surface area contributed by atoms with Crippen molar-refractivity contribution in [2.45, 2.75) is 24.2 Å². The van der Waals surface area contributed by atoms with Gasteiger partial charge in [-0.05, 0) is 24.7 Å². The lowest BCUT2D eigenvalue weighted by molar-refractivity contribution is -0.121. The summed E-state index contributed by atoms with van der Waals surface area (Å²) in [5, 5.41) is 0. The Balaban J connectivity index is 2.17. The van der Waals surface area contributed by atoms with Crippen molar-refractivity contribution in [2.75, 3.05) is 11.5 Å². The molecule has 1 aromatic rings. The highest BCUT2D eigenvalue weighted by molar-refractivity contribution is 7.99. The van der Waals surface area contributed by atoms with Gasteiger partial charge in [0.05, 0.1) is 11.9 Å². The number of hydrazine groups is 1. The van der Waals surface area contributed by atoms with Gasteiger partial charge in [-0.15, -0.1) is 11.8 Å². The first-order valence-electron chi connectivity index (χ1n) is 5.05. The molecule has 88 valence electrons. The predicted molar refractivity (Wildman–Crippen MR) is 65.6 cm³/mol. The Kier molecular flexibility index (Phi) is 5.66. The molecule has 1 rings (SSSR count). The summed E-state index contributed by atoms with van der Waals surface area (Å²) in [6.07, 6.45) is 5.63. The Hall–Kier alpha value is -1.27. The van der Waals surface area contributed by atoms with Crippen LogP contribution in [0.1, 0.15) is 19.3 Å². The van der Waals surface area contributed by atoms with Crippen LogP contribution in [0.3, 0.4) is 0 Å². The lowest BCUT2D eigenvalue weighted by atomic mass is 10.2. The summed E-state index contributed by atoms with van der Waals surface area (Å²) in [7, 11) is 0. The van der Waals surface area contributed by atoms with E-state index in [4.69, 9.17) is 11.6 Å². The zero-order valence-corrected chi connectivity index (χ0v) is 9.80. The van der Waals surface area contributed by atoms with Crippen LogP contribution in [0.5, 0.6) is 0 Å². The minimum absolute atomic E-state index is 0.117. The average Bonchev–Trinajstić information content (AvgIpc) is 2.30. The molecule has 0 saturated carbocycles. The van der Waals surface area contributed by atoms with Crippen molar-refractivity contribution in [1.82, 2.24) is 10.4 Å². The van der Waals surface area contributed by atoms with Crippen molar-refractivity contribution in [3.63, 3.8) is 0 Å². The minimum atomic E-state index is -0.117. The van der Waals surface area contributed by atoms with Gasteiger partial charge in [-0.3, -0.25) is 15.2 Å². The molecule has 0 spiro atoms. The minimum Gasteiger partial charge on any atom is -0.397 e. The molecule has 6 heteroatoms. The Morgan fingerprint density at radius 2 is 2.31 bits per heavy atom. The third-order valence-electron chi connectivity index (χ3n) is 2.03. The lowest BCUT2D eigenvalue weighted by Crippen LogP contribution is -2.29. The molecule has 0 aliphatic heterocycles. The number of hydrogen-bond donors (Lipinski definition) is 3. The number of nitrogens with zero attached hydrogens (tertiary/aromatic N) is 1. The van der Waals surface area contributed by atoms with Gasteiger partial charge >= 0.3 is 0 Å². The summed E-state index contributed by atoms with van der Waals surface area (Å²) in [4.78, 5) is 15.8. The van der Waals surface area contributed by atoms with Crippen LogP contribution in [0.2, 0.25) is 0 Å². The van der Waals surface area contributed by atoms with Crippen LogP contribution in [0.15, 0.2) is 23.4 Å². The molecule has 1 aromatic heterocycles. The molecule has 0 saturated heterocycles. The Labute approximate surface area is 99.0 Å². The van der Waals surface area contributed by atoms with E-state index in [0.717, 1.165) is 23.5 Å². The Bertz CT molecular complexity index is 345. The number of unbranched alkanes of at least 4 members (excludes halogenated alkanes) is 1. The van der Waals surface area contributed by atoms with Gasteiger partial charge in [0.2, 0.25) is 5.91 Å². The summed E-state index contributed by atoms with van der Waals surface area (Å²) >= 11 is 1.68. The molecule has 1 heterocycles. The number of nitrogens with two attached hydrogens (primary N) is 2. The van der Waals surface area contributed by atoms with Crippen molar-refractivity contribution >= 4 is 23.4 Å². The van der Waals surface area contributed by atoms with Gasteiger partial charge in [-0.2, -0.15) is 0 Å². The zero-order chi connectivity index (χ0) is 11.8.